The van der Waals surface area contributed by atoms with Crippen LogP contribution in [0.4, 0.5) is 0 Å². The number of hydrogen-bond donors (Lipinski definition) is 1. The number of rotatable bonds is 9. The standard InChI is InChI=1S/C15H26N2O2.C3H8O/c1-2-14(18)16-11-7-3-4-8-12-17-13-9-5-6-10-15(17)19;1-3-4-2/h2H,1,3-13H2,(H,16,18);3H2,1-2H3. The van der Waals surface area contributed by atoms with Gasteiger partial charge in [0, 0.05) is 39.8 Å². The van der Waals surface area contributed by atoms with Gasteiger partial charge in [0.05, 0.1) is 0 Å². The van der Waals surface area contributed by atoms with E-state index in [9.17, 15) is 9.59 Å². The van der Waals surface area contributed by atoms with E-state index in [1.165, 1.54) is 12.5 Å². The molecule has 1 rings (SSSR count). The van der Waals surface area contributed by atoms with Gasteiger partial charge in [0.2, 0.25) is 11.8 Å². The predicted molar refractivity (Wildman–Crippen MR) is 94.3 cm³/mol. The van der Waals surface area contributed by atoms with Crippen molar-refractivity contribution in [3.8, 4) is 0 Å². The number of carbonyl (C=O) groups is 2. The third-order valence-electron chi connectivity index (χ3n) is 3.80. The van der Waals surface area contributed by atoms with E-state index < -0.39 is 0 Å². The Bertz CT molecular complexity index is 330. The normalized spacial score (nSPS) is 14.5. The van der Waals surface area contributed by atoms with Crippen molar-refractivity contribution in [2.75, 3.05) is 33.4 Å². The number of nitrogens with zero attached hydrogens (tertiary/aromatic N) is 1. The summed E-state index contributed by atoms with van der Waals surface area (Å²) < 4.78 is 4.54. The Labute approximate surface area is 141 Å². The maximum Gasteiger partial charge on any atom is 0.243 e. The molecule has 1 fully saturated rings. The molecule has 0 aromatic rings. The number of methoxy groups -OCH3 is 1. The molecule has 0 bridgehead atoms. The fourth-order valence-electron chi connectivity index (χ4n) is 2.34. The largest absolute Gasteiger partial charge is 0.385 e. The lowest BCUT2D eigenvalue weighted by Crippen LogP contribution is -2.31. The number of ether oxygens (including phenoxy) is 1. The van der Waals surface area contributed by atoms with Gasteiger partial charge in [0.15, 0.2) is 0 Å². The summed E-state index contributed by atoms with van der Waals surface area (Å²) >= 11 is 0. The second-order valence-electron chi connectivity index (χ2n) is 5.68. The Morgan fingerprint density at radius 1 is 1.26 bits per heavy atom. The molecule has 5 nitrogen and oxygen atoms in total. The molecular formula is C18H34N2O3. The lowest BCUT2D eigenvalue weighted by atomic mass is 10.2. The predicted octanol–water partition coefficient (Wildman–Crippen LogP) is 2.90. The van der Waals surface area contributed by atoms with E-state index >= 15 is 0 Å². The molecule has 0 atom stereocenters. The van der Waals surface area contributed by atoms with Crippen molar-refractivity contribution >= 4 is 11.8 Å². The van der Waals surface area contributed by atoms with Crippen molar-refractivity contribution in [2.24, 2.45) is 0 Å². The van der Waals surface area contributed by atoms with Gasteiger partial charge < -0.3 is 15.0 Å². The van der Waals surface area contributed by atoms with Gasteiger partial charge >= 0.3 is 0 Å². The zero-order valence-corrected chi connectivity index (χ0v) is 14.9. The summed E-state index contributed by atoms with van der Waals surface area (Å²) in [4.78, 5) is 24.7. The molecular weight excluding hydrogens is 292 g/mol. The van der Waals surface area contributed by atoms with Crippen LogP contribution >= 0.6 is 0 Å². The lowest BCUT2D eigenvalue weighted by molar-refractivity contribution is -0.130. The quantitative estimate of drug-likeness (QED) is 0.523. The minimum absolute atomic E-state index is 0.102. The van der Waals surface area contributed by atoms with E-state index in [1.807, 2.05) is 11.8 Å². The molecule has 1 saturated heterocycles. The molecule has 1 aliphatic heterocycles. The van der Waals surface area contributed by atoms with E-state index in [0.717, 1.165) is 64.6 Å². The van der Waals surface area contributed by atoms with Crippen molar-refractivity contribution in [1.29, 1.82) is 0 Å². The van der Waals surface area contributed by atoms with Crippen LogP contribution in [0.2, 0.25) is 0 Å². The number of likely N-dealkylation sites (tertiary alicyclic amines) is 1. The molecule has 0 spiro atoms. The molecule has 0 aliphatic carbocycles. The number of amides is 2. The zero-order valence-electron chi connectivity index (χ0n) is 14.9. The Hall–Kier alpha value is -1.36. The summed E-state index contributed by atoms with van der Waals surface area (Å²) in [5.41, 5.74) is 0. The smallest absolute Gasteiger partial charge is 0.243 e. The summed E-state index contributed by atoms with van der Waals surface area (Å²) in [5, 5.41) is 2.77. The van der Waals surface area contributed by atoms with Crippen LogP contribution in [0.5, 0.6) is 0 Å². The van der Waals surface area contributed by atoms with E-state index in [-0.39, 0.29) is 5.91 Å². The Morgan fingerprint density at radius 3 is 2.61 bits per heavy atom. The Morgan fingerprint density at radius 2 is 1.96 bits per heavy atom. The molecule has 0 aromatic carbocycles. The third-order valence-corrected chi connectivity index (χ3v) is 3.80. The van der Waals surface area contributed by atoms with E-state index in [0.29, 0.717) is 12.5 Å². The average Bonchev–Trinajstić information content (AvgIpc) is 2.78. The highest BCUT2D eigenvalue weighted by Gasteiger charge is 2.15. The van der Waals surface area contributed by atoms with Gasteiger partial charge in [-0.25, -0.2) is 0 Å². The summed E-state index contributed by atoms with van der Waals surface area (Å²) in [6.07, 6.45) is 9.70. The molecule has 23 heavy (non-hydrogen) atoms. The van der Waals surface area contributed by atoms with Crippen LogP contribution in [0.1, 0.15) is 58.3 Å². The number of nitrogens with one attached hydrogen (secondary N) is 1. The van der Waals surface area contributed by atoms with Gasteiger partial charge in [-0.05, 0) is 38.7 Å². The Balaban J connectivity index is 0.00000108. The number of carbonyl (C=O) groups excluding carboxylic acids is 2. The van der Waals surface area contributed by atoms with Crippen LogP contribution in [0.3, 0.4) is 0 Å². The highest BCUT2D eigenvalue weighted by atomic mass is 16.5. The minimum atomic E-state index is -0.102. The fourth-order valence-corrected chi connectivity index (χ4v) is 2.34. The highest BCUT2D eigenvalue weighted by molar-refractivity contribution is 5.86. The maximum atomic E-state index is 11.8. The molecule has 0 radical (unpaired) electrons. The van der Waals surface area contributed by atoms with Gasteiger partial charge in [-0.1, -0.05) is 25.8 Å². The van der Waals surface area contributed by atoms with Gasteiger partial charge in [0.25, 0.3) is 0 Å². The van der Waals surface area contributed by atoms with Gasteiger partial charge in [-0.2, -0.15) is 0 Å². The molecule has 0 aromatic heterocycles. The highest BCUT2D eigenvalue weighted by Crippen LogP contribution is 2.12. The average molecular weight is 326 g/mol. The van der Waals surface area contributed by atoms with E-state index in [2.05, 4.69) is 16.6 Å². The molecule has 0 saturated carbocycles. The molecule has 1 N–H and O–H groups in total. The van der Waals surface area contributed by atoms with Crippen molar-refractivity contribution in [2.45, 2.75) is 58.3 Å². The molecule has 2 amide bonds. The van der Waals surface area contributed by atoms with Crippen LogP contribution in [-0.2, 0) is 14.3 Å². The first-order chi connectivity index (χ1) is 11.2. The maximum absolute atomic E-state index is 11.8. The van der Waals surface area contributed by atoms with Gasteiger partial charge in [-0.15, -0.1) is 0 Å². The molecule has 0 unspecified atom stereocenters. The Kier molecular flexibility index (Phi) is 14.6. The van der Waals surface area contributed by atoms with Crippen LogP contribution in [-0.4, -0.2) is 50.1 Å². The first-order valence-corrected chi connectivity index (χ1v) is 8.82. The van der Waals surface area contributed by atoms with Crippen molar-refractivity contribution in [3.63, 3.8) is 0 Å². The van der Waals surface area contributed by atoms with Crippen LogP contribution in [0.25, 0.3) is 0 Å². The van der Waals surface area contributed by atoms with Crippen LogP contribution < -0.4 is 5.32 Å². The van der Waals surface area contributed by atoms with Crippen LogP contribution in [0, 0.1) is 0 Å². The molecule has 1 heterocycles. The minimum Gasteiger partial charge on any atom is -0.385 e. The second-order valence-corrected chi connectivity index (χ2v) is 5.68. The molecule has 5 heteroatoms. The number of unbranched alkanes of at least 4 members (excludes halogenated alkanes) is 3. The SMILES string of the molecule is C=CC(=O)NCCCCCCN1CCCCCC1=O.CCOC. The summed E-state index contributed by atoms with van der Waals surface area (Å²) in [5.74, 6) is 0.228. The van der Waals surface area contributed by atoms with Crippen LogP contribution in [0.15, 0.2) is 12.7 Å². The van der Waals surface area contributed by atoms with Crippen molar-refractivity contribution in [3.05, 3.63) is 12.7 Å². The van der Waals surface area contributed by atoms with Gasteiger partial charge in [0.1, 0.15) is 0 Å². The summed E-state index contributed by atoms with van der Waals surface area (Å²) in [6, 6.07) is 0. The summed E-state index contributed by atoms with van der Waals surface area (Å²) in [7, 11) is 1.68. The zero-order chi connectivity index (χ0) is 17.3. The van der Waals surface area contributed by atoms with E-state index in [4.69, 9.17) is 0 Å². The fraction of sp³-hybridized carbons (Fsp3) is 0.778. The monoisotopic (exact) mass is 326 g/mol. The van der Waals surface area contributed by atoms with Crippen molar-refractivity contribution < 1.29 is 14.3 Å². The van der Waals surface area contributed by atoms with E-state index in [1.54, 1.807) is 7.11 Å². The molecule has 134 valence electrons. The van der Waals surface area contributed by atoms with Crippen molar-refractivity contribution in [1.82, 2.24) is 10.2 Å². The topological polar surface area (TPSA) is 58.6 Å². The summed E-state index contributed by atoms with van der Waals surface area (Å²) in [6.45, 7) is 8.74. The first kappa shape index (κ1) is 21.6. The number of hydrogen-bond acceptors (Lipinski definition) is 3. The first-order valence-electron chi connectivity index (χ1n) is 8.82. The molecule has 1 aliphatic rings. The lowest BCUT2D eigenvalue weighted by Gasteiger charge is -2.20. The third kappa shape index (κ3) is 12.8. The second kappa shape index (κ2) is 15.5. The van der Waals surface area contributed by atoms with Gasteiger partial charge in [-0.3, -0.25) is 9.59 Å².